The van der Waals surface area contributed by atoms with E-state index in [1.807, 2.05) is 0 Å². The zero-order valence-corrected chi connectivity index (χ0v) is 13.0. The Bertz CT molecular complexity index is 367. The fourth-order valence-corrected chi connectivity index (χ4v) is 4.24. The summed E-state index contributed by atoms with van der Waals surface area (Å²) in [5.74, 6) is 0. The van der Waals surface area contributed by atoms with Crippen LogP contribution in [-0.2, 0) is 10.2 Å². The SMILES string of the molecule is CN(C)S(=O)(=O)N1CCN(C2CCCCCC2)CC1. The normalized spacial score (nSPS) is 25.6. The molecule has 0 unspecified atom stereocenters. The van der Waals surface area contributed by atoms with Crippen molar-refractivity contribution >= 4 is 10.2 Å². The van der Waals surface area contributed by atoms with Crippen molar-refractivity contribution < 1.29 is 8.42 Å². The van der Waals surface area contributed by atoms with Crippen molar-refractivity contribution in [3.8, 4) is 0 Å². The smallest absolute Gasteiger partial charge is 0.281 e. The van der Waals surface area contributed by atoms with Crippen LogP contribution in [0.25, 0.3) is 0 Å². The van der Waals surface area contributed by atoms with Crippen LogP contribution in [0.4, 0.5) is 0 Å². The first-order chi connectivity index (χ1) is 9.01. The van der Waals surface area contributed by atoms with Gasteiger partial charge in [-0.2, -0.15) is 17.0 Å². The lowest BCUT2D eigenvalue weighted by atomic mass is 10.1. The molecule has 0 amide bonds. The fraction of sp³-hybridized carbons (Fsp3) is 1.00. The Morgan fingerprint density at radius 2 is 1.42 bits per heavy atom. The number of nitrogens with zero attached hydrogens (tertiary/aromatic N) is 3. The van der Waals surface area contributed by atoms with Crippen molar-refractivity contribution in [1.29, 1.82) is 0 Å². The van der Waals surface area contributed by atoms with Crippen LogP contribution < -0.4 is 0 Å². The van der Waals surface area contributed by atoms with E-state index in [4.69, 9.17) is 0 Å². The van der Waals surface area contributed by atoms with Gasteiger partial charge in [0.15, 0.2) is 0 Å². The van der Waals surface area contributed by atoms with E-state index in [-0.39, 0.29) is 0 Å². The molecule has 0 atom stereocenters. The molecule has 0 spiro atoms. The minimum absolute atomic E-state index is 0.636. The third-order valence-corrected chi connectivity index (χ3v) is 6.34. The molecular formula is C13H27N3O2S. The van der Waals surface area contributed by atoms with Crippen LogP contribution in [0, 0.1) is 0 Å². The van der Waals surface area contributed by atoms with Gasteiger partial charge in [-0.05, 0) is 12.8 Å². The maximum atomic E-state index is 12.1. The molecule has 112 valence electrons. The van der Waals surface area contributed by atoms with E-state index in [1.54, 1.807) is 18.4 Å². The third-order valence-electron chi connectivity index (χ3n) is 4.40. The first-order valence-corrected chi connectivity index (χ1v) is 8.83. The minimum atomic E-state index is -3.22. The summed E-state index contributed by atoms with van der Waals surface area (Å²) < 4.78 is 27.0. The van der Waals surface area contributed by atoms with Gasteiger partial charge in [-0.1, -0.05) is 25.7 Å². The summed E-state index contributed by atoms with van der Waals surface area (Å²) in [5, 5.41) is 0. The Balaban J connectivity index is 1.88. The second kappa shape index (κ2) is 6.52. The maximum absolute atomic E-state index is 12.1. The minimum Gasteiger partial charge on any atom is -0.298 e. The first kappa shape index (κ1) is 15.2. The van der Waals surface area contributed by atoms with Gasteiger partial charge in [0.05, 0.1) is 0 Å². The lowest BCUT2D eigenvalue weighted by molar-refractivity contribution is 0.123. The third kappa shape index (κ3) is 3.68. The van der Waals surface area contributed by atoms with Crippen LogP contribution in [0.5, 0.6) is 0 Å². The van der Waals surface area contributed by atoms with Gasteiger partial charge in [-0.25, -0.2) is 0 Å². The molecule has 0 aromatic carbocycles. The van der Waals surface area contributed by atoms with Gasteiger partial charge in [-0.3, -0.25) is 4.90 Å². The molecule has 0 aromatic heterocycles. The largest absolute Gasteiger partial charge is 0.298 e. The number of rotatable bonds is 3. The second-order valence-corrected chi connectivity index (χ2v) is 8.01. The summed E-state index contributed by atoms with van der Waals surface area (Å²) >= 11 is 0. The predicted molar refractivity (Wildman–Crippen MR) is 77.2 cm³/mol. The van der Waals surface area contributed by atoms with E-state index in [1.165, 1.54) is 42.8 Å². The molecule has 1 aliphatic heterocycles. The Morgan fingerprint density at radius 3 is 1.89 bits per heavy atom. The monoisotopic (exact) mass is 289 g/mol. The van der Waals surface area contributed by atoms with E-state index >= 15 is 0 Å². The zero-order chi connectivity index (χ0) is 13.9. The lowest BCUT2D eigenvalue weighted by Crippen LogP contribution is -2.54. The van der Waals surface area contributed by atoms with Crippen LogP contribution in [0.2, 0.25) is 0 Å². The molecular weight excluding hydrogens is 262 g/mol. The molecule has 5 nitrogen and oxygen atoms in total. The van der Waals surface area contributed by atoms with Gasteiger partial charge < -0.3 is 0 Å². The number of hydrogen-bond acceptors (Lipinski definition) is 3. The molecule has 0 bridgehead atoms. The highest BCUT2D eigenvalue weighted by Crippen LogP contribution is 2.23. The molecule has 0 radical (unpaired) electrons. The molecule has 2 rings (SSSR count). The molecule has 1 heterocycles. The zero-order valence-electron chi connectivity index (χ0n) is 12.2. The van der Waals surface area contributed by atoms with Crippen LogP contribution in [0.1, 0.15) is 38.5 Å². The Labute approximate surface area is 117 Å². The van der Waals surface area contributed by atoms with Gasteiger partial charge in [0.1, 0.15) is 0 Å². The Hall–Kier alpha value is -0.170. The Kier molecular flexibility index (Phi) is 5.22. The summed E-state index contributed by atoms with van der Waals surface area (Å²) in [7, 11) is -0.0130. The van der Waals surface area contributed by atoms with Crippen LogP contribution in [0.15, 0.2) is 0 Å². The summed E-state index contributed by atoms with van der Waals surface area (Å²) in [6.45, 7) is 3.05. The molecule has 0 N–H and O–H groups in total. The van der Waals surface area contributed by atoms with Gasteiger partial charge >= 0.3 is 0 Å². The summed E-state index contributed by atoms with van der Waals surface area (Å²) in [6, 6.07) is 0.687. The van der Waals surface area contributed by atoms with Gasteiger partial charge in [0.25, 0.3) is 10.2 Å². The molecule has 1 saturated carbocycles. The van der Waals surface area contributed by atoms with Gasteiger partial charge in [-0.15, -0.1) is 0 Å². The van der Waals surface area contributed by atoms with E-state index in [2.05, 4.69) is 4.90 Å². The van der Waals surface area contributed by atoms with Crippen molar-refractivity contribution in [3.63, 3.8) is 0 Å². The van der Waals surface area contributed by atoms with Crippen LogP contribution >= 0.6 is 0 Å². The van der Waals surface area contributed by atoms with Crippen molar-refractivity contribution in [2.45, 2.75) is 44.6 Å². The summed E-state index contributed by atoms with van der Waals surface area (Å²) in [5.41, 5.74) is 0. The average molecular weight is 289 g/mol. The standard InChI is InChI=1S/C13H27N3O2S/c1-14(2)19(17,18)16-11-9-15(10-12-16)13-7-5-3-4-6-8-13/h13H,3-12H2,1-2H3. The molecule has 2 fully saturated rings. The van der Waals surface area contributed by atoms with Crippen molar-refractivity contribution in [2.75, 3.05) is 40.3 Å². The number of hydrogen-bond donors (Lipinski definition) is 0. The maximum Gasteiger partial charge on any atom is 0.281 e. The van der Waals surface area contributed by atoms with Crippen molar-refractivity contribution in [1.82, 2.24) is 13.5 Å². The topological polar surface area (TPSA) is 43.9 Å². The fourth-order valence-electron chi connectivity index (χ4n) is 3.15. The molecule has 1 aliphatic carbocycles. The van der Waals surface area contributed by atoms with Crippen molar-refractivity contribution in [3.05, 3.63) is 0 Å². The van der Waals surface area contributed by atoms with Crippen LogP contribution in [-0.4, -0.2) is 68.2 Å². The van der Waals surface area contributed by atoms with E-state index in [9.17, 15) is 8.42 Å². The van der Waals surface area contributed by atoms with Gasteiger partial charge in [0, 0.05) is 46.3 Å². The Morgan fingerprint density at radius 1 is 0.895 bits per heavy atom. The highest BCUT2D eigenvalue weighted by Gasteiger charge is 2.31. The predicted octanol–water partition coefficient (Wildman–Crippen LogP) is 1.13. The summed E-state index contributed by atoms with van der Waals surface area (Å²) in [6.07, 6.45) is 7.99. The first-order valence-electron chi connectivity index (χ1n) is 7.43. The molecule has 0 aromatic rings. The quantitative estimate of drug-likeness (QED) is 0.732. The molecule has 2 aliphatic rings. The lowest BCUT2D eigenvalue weighted by Gasteiger charge is -2.39. The highest BCUT2D eigenvalue weighted by atomic mass is 32.2. The van der Waals surface area contributed by atoms with Crippen molar-refractivity contribution in [2.24, 2.45) is 0 Å². The highest BCUT2D eigenvalue weighted by molar-refractivity contribution is 7.86. The van der Waals surface area contributed by atoms with E-state index in [0.717, 1.165) is 13.1 Å². The van der Waals surface area contributed by atoms with Gasteiger partial charge in [0.2, 0.25) is 0 Å². The molecule has 6 heteroatoms. The van der Waals surface area contributed by atoms with Crippen LogP contribution in [0.3, 0.4) is 0 Å². The summed E-state index contributed by atoms with van der Waals surface area (Å²) in [4.78, 5) is 2.51. The second-order valence-electron chi connectivity index (χ2n) is 5.87. The average Bonchev–Trinajstić information content (AvgIpc) is 2.67. The number of piperazine rings is 1. The van der Waals surface area contributed by atoms with E-state index in [0.29, 0.717) is 19.1 Å². The molecule has 19 heavy (non-hydrogen) atoms. The molecule has 1 saturated heterocycles. The van der Waals surface area contributed by atoms with E-state index < -0.39 is 10.2 Å².